The van der Waals surface area contributed by atoms with Crippen LogP contribution < -0.4 is 5.32 Å². The molecular formula is C17H34N2O. The predicted octanol–water partition coefficient (Wildman–Crippen LogP) is 3.05. The zero-order chi connectivity index (χ0) is 14.4. The Morgan fingerprint density at radius 2 is 1.95 bits per heavy atom. The van der Waals surface area contributed by atoms with E-state index >= 15 is 0 Å². The van der Waals surface area contributed by atoms with Crippen LogP contribution in [0, 0.1) is 5.92 Å². The molecule has 2 fully saturated rings. The van der Waals surface area contributed by atoms with Crippen LogP contribution in [0.2, 0.25) is 0 Å². The summed E-state index contributed by atoms with van der Waals surface area (Å²) in [6, 6.07) is 0.566. The summed E-state index contributed by atoms with van der Waals surface area (Å²) in [7, 11) is 0. The molecule has 3 heteroatoms. The van der Waals surface area contributed by atoms with E-state index in [1.165, 1.54) is 51.6 Å². The molecule has 3 atom stereocenters. The second-order valence-electron chi connectivity index (χ2n) is 6.77. The molecule has 3 unspecified atom stereocenters. The third kappa shape index (κ3) is 3.55. The molecule has 2 rings (SSSR count). The molecule has 3 nitrogen and oxygen atoms in total. The molecule has 0 aliphatic carbocycles. The molecule has 0 saturated carbocycles. The lowest BCUT2D eigenvalue weighted by atomic mass is 9.76. The minimum atomic E-state index is 0.280. The predicted molar refractivity (Wildman–Crippen MR) is 85.1 cm³/mol. The Hall–Kier alpha value is -0.120. The number of likely N-dealkylation sites (N-methyl/N-ethyl adjacent to an activating group) is 1. The topological polar surface area (TPSA) is 24.5 Å². The van der Waals surface area contributed by atoms with Crippen LogP contribution in [0.3, 0.4) is 0 Å². The summed E-state index contributed by atoms with van der Waals surface area (Å²) < 4.78 is 5.78. The van der Waals surface area contributed by atoms with Crippen molar-refractivity contribution in [3.8, 4) is 0 Å². The van der Waals surface area contributed by atoms with Gasteiger partial charge in [0.2, 0.25) is 0 Å². The maximum Gasteiger partial charge on any atom is 0.0509 e. The quantitative estimate of drug-likeness (QED) is 0.810. The summed E-state index contributed by atoms with van der Waals surface area (Å²) in [6.45, 7) is 12.6. The first kappa shape index (κ1) is 16.3. The van der Waals surface area contributed by atoms with Gasteiger partial charge in [-0.2, -0.15) is 0 Å². The minimum absolute atomic E-state index is 0.280. The number of nitrogens with zero attached hydrogens (tertiary/aromatic N) is 1. The first-order valence-corrected chi connectivity index (χ1v) is 8.78. The molecule has 2 aliphatic heterocycles. The summed E-state index contributed by atoms with van der Waals surface area (Å²) in [5, 5.41) is 3.82. The van der Waals surface area contributed by atoms with Crippen molar-refractivity contribution in [2.75, 3.05) is 32.8 Å². The van der Waals surface area contributed by atoms with Gasteiger partial charge in [0, 0.05) is 18.2 Å². The molecule has 0 amide bonds. The number of nitrogens with one attached hydrogen (secondary N) is 1. The standard InChI is InChI=1S/C17H34N2O/c1-4-17(3,19-11-7-6-8-12-19)16(18-5-2)15-10-9-13-20-14-15/h15-16,18H,4-14H2,1-3H3. The van der Waals surface area contributed by atoms with Crippen molar-refractivity contribution in [1.82, 2.24) is 10.2 Å². The van der Waals surface area contributed by atoms with E-state index in [4.69, 9.17) is 4.74 Å². The average Bonchev–Trinajstić information content (AvgIpc) is 2.53. The van der Waals surface area contributed by atoms with Gasteiger partial charge in [0.05, 0.1) is 6.61 Å². The zero-order valence-electron chi connectivity index (χ0n) is 13.8. The Bertz CT molecular complexity index is 272. The molecule has 0 aromatic heterocycles. The normalized spacial score (nSPS) is 29.9. The van der Waals surface area contributed by atoms with Crippen molar-refractivity contribution in [2.24, 2.45) is 5.92 Å². The molecule has 2 heterocycles. The highest BCUT2D eigenvalue weighted by atomic mass is 16.5. The van der Waals surface area contributed by atoms with E-state index in [0.29, 0.717) is 12.0 Å². The minimum Gasteiger partial charge on any atom is -0.381 e. The van der Waals surface area contributed by atoms with Gasteiger partial charge in [-0.1, -0.05) is 20.3 Å². The van der Waals surface area contributed by atoms with Gasteiger partial charge in [-0.25, -0.2) is 0 Å². The first-order chi connectivity index (χ1) is 9.72. The maximum atomic E-state index is 5.78. The number of rotatable bonds is 6. The van der Waals surface area contributed by atoms with Crippen molar-refractivity contribution in [3.63, 3.8) is 0 Å². The summed E-state index contributed by atoms with van der Waals surface area (Å²) in [5.74, 6) is 0.676. The molecular weight excluding hydrogens is 248 g/mol. The van der Waals surface area contributed by atoms with E-state index in [1.54, 1.807) is 0 Å². The van der Waals surface area contributed by atoms with Gasteiger partial charge in [-0.3, -0.25) is 4.90 Å². The third-order valence-electron chi connectivity index (χ3n) is 5.56. The second-order valence-corrected chi connectivity index (χ2v) is 6.77. The van der Waals surface area contributed by atoms with Crippen LogP contribution in [-0.2, 0) is 4.74 Å². The number of hydrogen-bond donors (Lipinski definition) is 1. The van der Waals surface area contributed by atoms with E-state index in [2.05, 4.69) is 31.0 Å². The van der Waals surface area contributed by atoms with Crippen molar-refractivity contribution < 1.29 is 4.74 Å². The van der Waals surface area contributed by atoms with E-state index in [-0.39, 0.29) is 5.54 Å². The molecule has 0 spiro atoms. The lowest BCUT2D eigenvalue weighted by molar-refractivity contribution is -0.0225. The smallest absolute Gasteiger partial charge is 0.0509 e. The van der Waals surface area contributed by atoms with Crippen LogP contribution in [0.25, 0.3) is 0 Å². The monoisotopic (exact) mass is 282 g/mol. The first-order valence-electron chi connectivity index (χ1n) is 8.78. The fourth-order valence-corrected chi connectivity index (χ4v) is 4.19. The summed E-state index contributed by atoms with van der Waals surface area (Å²) >= 11 is 0. The van der Waals surface area contributed by atoms with Crippen LogP contribution >= 0.6 is 0 Å². The Morgan fingerprint density at radius 1 is 1.20 bits per heavy atom. The van der Waals surface area contributed by atoms with Gasteiger partial charge in [-0.05, 0) is 64.6 Å². The summed E-state index contributed by atoms with van der Waals surface area (Å²) in [4.78, 5) is 2.76. The van der Waals surface area contributed by atoms with Gasteiger partial charge in [-0.15, -0.1) is 0 Å². The van der Waals surface area contributed by atoms with Crippen molar-refractivity contribution in [3.05, 3.63) is 0 Å². The third-order valence-corrected chi connectivity index (χ3v) is 5.56. The zero-order valence-corrected chi connectivity index (χ0v) is 13.8. The summed E-state index contributed by atoms with van der Waals surface area (Å²) in [6.07, 6.45) is 7.93. The molecule has 0 radical (unpaired) electrons. The van der Waals surface area contributed by atoms with Crippen molar-refractivity contribution in [1.29, 1.82) is 0 Å². The fraction of sp³-hybridized carbons (Fsp3) is 1.00. The lowest BCUT2D eigenvalue weighted by Gasteiger charge is -2.51. The molecule has 0 aromatic carbocycles. The van der Waals surface area contributed by atoms with Crippen LogP contribution in [0.5, 0.6) is 0 Å². The van der Waals surface area contributed by atoms with Crippen LogP contribution in [-0.4, -0.2) is 49.3 Å². The number of hydrogen-bond acceptors (Lipinski definition) is 3. The molecule has 118 valence electrons. The van der Waals surface area contributed by atoms with Crippen LogP contribution in [0.15, 0.2) is 0 Å². The number of likely N-dealkylation sites (tertiary alicyclic amines) is 1. The van der Waals surface area contributed by atoms with Gasteiger partial charge >= 0.3 is 0 Å². The fourth-order valence-electron chi connectivity index (χ4n) is 4.19. The maximum absolute atomic E-state index is 5.78. The molecule has 2 saturated heterocycles. The molecule has 0 aromatic rings. The second kappa shape index (κ2) is 7.77. The van der Waals surface area contributed by atoms with Gasteiger partial charge < -0.3 is 10.1 Å². The van der Waals surface area contributed by atoms with E-state index in [9.17, 15) is 0 Å². The SMILES string of the molecule is CCNC(C1CCCOC1)C(C)(CC)N1CCCCC1. The van der Waals surface area contributed by atoms with Crippen LogP contribution in [0.1, 0.15) is 59.3 Å². The highest BCUT2D eigenvalue weighted by Gasteiger charge is 2.42. The van der Waals surface area contributed by atoms with E-state index in [0.717, 1.165) is 19.8 Å². The highest BCUT2D eigenvalue weighted by Crippen LogP contribution is 2.33. The molecule has 2 aliphatic rings. The van der Waals surface area contributed by atoms with Gasteiger partial charge in [0.25, 0.3) is 0 Å². The Morgan fingerprint density at radius 3 is 2.50 bits per heavy atom. The number of ether oxygens (including phenoxy) is 1. The van der Waals surface area contributed by atoms with E-state index < -0.39 is 0 Å². The average molecular weight is 282 g/mol. The molecule has 20 heavy (non-hydrogen) atoms. The summed E-state index contributed by atoms with van der Waals surface area (Å²) in [5.41, 5.74) is 0.280. The van der Waals surface area contributed by atoms with Crippen molar-refractivity contribution in [2.45, 2.75) is 70.9 Å². The lowest BCUT2D eigenvalue weighted by Crippen LogP contribution is -2.63. The Kier molecular flexibility index (Phi) is 6.31. The van der Waals surface area contributed by atoms with Crippen molar-refractivity contribution >= 4 is 0 Å². The van der Waals surface area contributed by atoms with Gasteiger partial charge in [0.15, 0.2) is 0 Å². The van der Waals surface area contributed by atoms with E-state index in [1.807, 2.05) is 0 Å². The highest BCUT2D eigenvalue weighted by molar-refractivity contribution is 5.00. The van der Waals surface area contributed by atoms with Gasteiger partial charge in [0.1, 0.15) is 0 Å². The Labute approximate surface area is 125 Å². The molecule has 0 bridgehead atoms. The number of piperidine rings is 1. The van der Waals surface area contributed by atoms with Crippen LogP contribution in [0.4, 0.5) is 0 Å². The Balaban J connectivity index is 2.13. The largest absolute Gasteiger partial charge is 0.381 e. The molecule has 1 N–H and O–H groups in total.